The Morgan fingerprint density at radius 1 is 1.46 bits per heavy atom. The number of nitrogens with zero attached hydrogens (tertiary/aromatic N) is 1. The number of hydrogen-bond donors (Lipinski definition) is 1. The van der Waals surface area contributed by atoms with E-state index in [0.29, 0.717) is 13.0 Å². The molecule has 0 aliphatic carbocycles. The summed E-state index contributed by atoms with van der Waals surface area (Å²) in [4.78, 5) is 0. The summed E-state index contributed by atoms with van der Waals surface area (Å²) in [5.74, 6) is 1.63. The van der Waals surface area contributed by atoms with Gasteiger partial charge in [0.2, 0.25) is 0 Å². The fourth-order valence-electron chi connectivity index (χ4n) is 1.17. The maximum absolute atomic E-state index is 5.49. The Balaban J connectivity index is 2.18. The zero-order valence-electron chi connectivity index (χ0n) is 7.06. The second-order valence-electron chi connectivity index (χ2n) is 2.73. The smallest absolute Gasteiger partial charge is 0.148 e. The van der Waals surface area contributed by atoms with E-state index in [0.717, 1.165) is 17.1 Å². The van der Waals surface area contributed by atoms with Gasteiger partial charge < -0.3 is 14.7 Å². The van der Waals surface area contributed by atoms with Gasteiger partial charge in [0.25, 0.3) is 0 Å². The first kappa shape index (κ1) is 8.07. The lowest BCUT2D eigenvalue weighted by Gasteiger charge is -1.94. The zero-order chi connectivity index (χ0) is 9.10. The Kier molecular flexibility index (Phi) is 2.14. The normalized spacial score (nSPS) is 10.5. The zero-order valence-corrected chi connectivity index (χ0v) is 7.06. The molecule has 0 saturated carbocycles. The lowest BCUT2D eigenvalue weighted by atomic mass is 10.2. The number of furan rings is 1. The number of hydrogen-bond acceptors (Lipinski definition) is 4. The van der Waals surface area contributed by atoms with Crippen LogP contribution in [0.2, 0.25) is 0 Å². The van der Waals surface area contributed by atoms with Gasteiger partial charge in [-0.2, -0.15) is 0 Å². The summed E-state index contributed by atoms with van der Waals surface area (Å²) in [6.45, 7) is 0.444. The summed E-state index contributed by atoms with van der Waals surface area (Å²) in [6, 6.07) is 3.73. The molecule has 2 N–H and O–H groups in total. The highest BCUT2D eigenvalue weighted by atomic mass is 16.5. The molecule has 0 radical (unpaired) electrons. The van der Waals surface area contributed by atoms with Gasteiger partial charge in [-0.3, -0.25) is 0 Å². The fraction of sp³-hybridized carbons (Fsp3) is 0.222. The Morgan fingerprint density at radius 2 is 2.38 bits per heavy atom. The van der Waals surface area contributed by atoms with Gasteiger partial charge in [-0.05, 0) is 12.1 Å². The highest BCUT2D eigenvalue weighted by Crippen LogP contribution is 2.13. The van der Waals surface area contributed by atoms with Crippen molar-refractivity contribution in [2.75, 3.05) is 0 Å². The van der Waals surface area contributed by atoms with Crippen molar-refractivity contribution in [3.8, 4) is 0 Å². The van der Waals surface area contributed by atoms with Crippen LogP contribution >= 0.6 is 0 Å². The van der Waals surface area contributed by atoms with Crippen molar-refractivity contribution in [3.05, 3.63) is 41.7 Å². The third-order valence-corrected chi connectivity index (χ3v) is 1.86. The molecule has 13 heavy (non-hydrogen) atoms. The first-order valence-corrected chi connectivity index (χ1v) is 4.05. The predicted octanol–water partition coefficient (Wildman–Crippen LogP) is 1.32. The molecule has 0 unspecified atom stereocenters. The molecule has 2 aromatic rings. The van der Waals surface area contributed by atoms with Crippen LogP contribution in [0.15, 0.2) is 33.5 Å². The van der Waals surface area contributed by atoms with Crippen molar-refractivity contribution < 1.29 is 8.94 Å². The molecule has 0 atom stereocenters. The van der Waals surface area contributed by atoms with Gasteiger partial charge >= 0.3 is 0 Å². The summed E-state index contributed by atoms with van der Waals surface area (Å²) in [6.07, 6.45) is 3.88. The predicted molar refractivity (Wildman–Crippen MR) is 45.9 cm³/mol. The van der Waals surface area contributed by atoms with Crippen LogP contribution < -0.4 is 5.73 Å². The van der Waals surface area contributed by atoms with Gasteiger partial charge in [-0.25, -0.2) is 0 Å². The van der Waals surface area contributed by atoms with Gasteiger partial charge in [0.1, 0.15) is 11.5 Å². The Hall–Kier alpha value is -1.55. The van der Waals surface area contributed by atoms with E-state index in [9.17, 15) is 0 Å². The van der Waals surface area contributed by atoms with E-state index < -0.39 is 0 Å². The molecule has 2 heterocycles. The van der Waals surface area contributed by atoms with E-state index in [2.05, 4.69) is 5.16 Å². The molecule has 2 rings (SSSR count). The third-order valence-electron chi connectivity index (χ3n) is 1.86. The molecule has 0 aliphatic heterocycles. The van der Waals surface area contributed by atoms with Crippen LogP contribution in [0.5, 0.6) is 0 Å². The van der Waals surface area contributed by atoms with Crippen molar-refractivity contribution in [1.29, 1.82) is 0 Å². The fourth-order valence-corrected chi connectivity index (χ4v) is 1.17. The van der Waals surface area contributed by atoms with Crippen LogP contribution in [0.1, 0.15) is 17.1 Å². The lowest BCUT2D eigenvalue weighted by Crippen LogP contribution is -1.98. The molecule has 4 nitrogen and oxygen atoms in total. The molecule has 0 saturated heterocycles. The van der Waals surface area contributed by atoms with E-state index in [1.807, 2.05) is 12.1 Å². The number of nitrogens with two attached hydrogens (primary N) is 1. The second kappa shape index (κ2) is 3.45. The largest absolute Gasteiger partial charge is 0.469 e. The molecule has 0 amide bonds. The number of rotatable bonds is 3. The Morgan fingerprint density at radius 3 is 3.08 bits per heavy atom. The molecular formula is C9H10N2O2. The van der Waals surface area contributed by atoms with Gasteiger partial charge in [0.05, 0.1) is 18.9 Å². The minimum Gasteiger partial charge on any atom is -0.469 e. The van der Waals surface area contributed by atoms with Crippen molar-refractivity contribution >= 4 is 0 Å². The minimum atomic E-state index is 0.444. The maximum atomic E-state index is 5.49. The van der Waals surface area contributed by atoms with Crippen LogP contribution in [0, 0.1) is 0 Å². The topological polar surface area (TPSA) is 65.2 Å². The van der Waals surface area contributed by atoms with Crippen LogP contribution in [0.25, 0.3) is 0 Å². The van der Waals surface area contributed by atoms with Crippen molar-refractivity contribution in [2.24, 2.45) is 5.73 Å². The van der Waals surface area contributed by atoms with Gasteiger partial charge in [-0.1, -0.05) is 5.16 Å². The monoisotopic (exact) mass is 178 g/mol. The SMILES string of the molecule is NCc1cnoc1Cc1ccco1. The summed E-state index contributed by atoms with van der Waals surface area (Å²) in [5.41, 5.74) is 6.42. The van der Waals surface area contributed by atoms with E-state index in [4.69, 9.17) is 14.7 Å². The molecule has 68 valence electrons. The van der Waals surface area contributed by atoms with E-state index in [-0.39, 0.29) is 0 Å². The van der Waals surface area contributed by atoms with Gasteiger partial charge in [0.15, 0.2) is 0 Å². The van der Waals surface area contributed by atoms with Gasteiger partial charge in [0, 0.05) is 12.1 Å². The minimum absolute atomic E-state index is 0.444. The first-order chi connectivity index (χ1) is 6.40. The molecule has 2 aromatic heterocycles. The molecule has 4 heteroatoms. The highest BCUT2D eigenvalue weighted by molar-refractivity contribution is 5.18. The molecule has 0 spiro atoms. The Labute approximate surface area is 75.3 Å². The van der Waals surface area contributed by atoms with Crippen LogP contribution in [0.3, 0.4) is 0 Å². The lowest BCUT2D eigenvalue weighted by molar-refractivity contribution is 0.378. The van der Waals surface area contributed by atoms with Crippen LogP contribution in [-0.2, 0) is 13.0 Å². The first-order valence-electron chi connectivity index (χ1n) is 4.05. The van der Waals surface area contributed by atoms with E-state index in [1.165, 1.54) is 0 Å². The van der Waals surface area contributed by atoms with Crippen molar-refractivity contribution in [1.82, 2.24) is 5.16 Å². The Bertz CT molecular complexity index is 365. The van der Waals surface area contributed by atoms with Crippen molar-refractivity contribution in [2.45, 2.75) is 13.0 Å². The van der Waals surface area contributed by atoms with Crippen LogP contribution in [0.4, 0.5) is 0 Å². The van der Waals surface area contributed by atoms with Crippen LogP contribution in [-0.4, -0.2) is 5.16 Å². The third kappa shape index (κ3) is 1.62. The average Bonchev–Trinajstić information content (AvgIpc) is 2.76. The molecule has 0 bridgehead atoms. The molecule has 0 fully saturated rings. The van der Waals surface area contributed by atoms with Crippen molar-refractivity contribution in [3.63, 3.8) is 0 Å². The summed E-state index contributed by atoms with van der Waals surface area (Å²) < 4.78 is 10.2. The van der Waals surface area contributed by atoms with E-state index >= 15 is 0 Å². The summed E-state index contributed by atoms with van der Waals surface area (Å²) in [5, 5.41) is 3.68. The second-order valence-corrected chi connectivity index (χ2v) is 2.73. The average molecular weight is 178 g/mol. The molecule has 0 aliphatic rings. The quantitative estimate of drug-likeness (QED) is 0.769. The molecule has 0 aromatic carbocycles. The van der Waals surface area contributed by atoms with Gasteiger partial charge in [-0.15, -0.1) is 0 Å². The standard InChI is InChI=1S/C9H10N2O2/c10-5-7-6-11-13-9(7)4-8-2-1-3-12-8/h1-3,6H,4-5,10H2. The summed E-state index contributed by atoms with van der Waals surface area (Å²) in [7, 11) is 0. The molecular weight excluding hydrogens is 168 g/mol. The summed E-state index contributed by atoms with van der Waals surface area (Å²) >= 11 is 0. The highest BCUT2D eigenvalue weighted by Gasteiger charge is 2.08. The number of aromatic nitrogens is 1. The van der Waals surface area contributed by atoms with E-state index in [1.54, 1.807) is 12.5 Å². The maximum Gasteiger partial charge on any atom is 0.148 e.